The zero-order valence-corrected chi connectivity index (χ0v) is 6.93. The van der Waals surface area contributed by atoms with Crippen LogP contribution in [-0.4, -0.2) is 17.5 Å². The Labute approximate surface area is 59.7 Å². The Morgan fingerprint density at radius 1 is 1.70 bits per heavy atom. The summed E-state index contributed by atoms with van der Waals surface area (Å²) >= 11 is 0. The zero-order chi connectivity index (χ0) is 8.20. The van der Waals surface area contributed by atoms with E-state index >= 15 is 0 Å². The van der Waals surface area contributed by atoms with Crippen LogP contribution in [0.2, 0.25) is 0 Å². The monoisotopic (exact) mass is 166 g/mol. The molecule has 60 valence electrons. The van der Waals surface area contributed by atoms with E-state index < -0.39 is 13.6 Å². The predicted octanol–water partition coefficient (Wildman–Crippen LogP) is 1.14. The molecule has 0 amide bonds. The van der Waals surface area contributed by atoms with E-state index in [1.807, 2.05) is 0 Å². The summed E-state index contributed by atoms with van der Waals surface area (Å²) in [4.78, 5) is 19.0. The van der Waals surface area contributed by atoms with Crippen LogP contribution in [0.25, 0.3) is 0 Å². The van der Waals surface area contributed by atoms with Gasteiger partial charge in [0, 0.05) is 13.1 Å². The van der Waals surface area contributed by atoms with Crippen LogP contribution in [0, 0.1) is 0 Å². The number of rotatable bonds is 3. The van der Waals surface area contributed by atoms with Gasteiger partial charge in [-0.1, -0.05) is 6.92 Å². The van der Waals surface area contributed by atoms with Crippen molar-refractivity contribution in [3.05, 3.63) is 0 Å². The van der Waals surface area contributed by atoms with Crippen LogP contribution in [0.4, 0.5) is 0 Å². The smallest absolute Gasteiger partial charge is 0.375 e. The van der Waals surface area contributed by atoms with Crippen molar-refractivity contribution in [2.45, 2.75) is 19.8 Å². The van der Waals surface area contributed by atoms with Crippen LogP contribution < -0.4 is 0 Å². The molecule has 0 aliphatic rings. The van der Waals surface area contributed by atoms with Gasteiger partial charge in [-0.25, -0.2) is 4.57 Å². The second-order valence-electron chi connectivity index (χ2n) is 2.02. The van der Waals surface area contributed by atoms with Gasteiger partial charge in [0.15, 0.2) is 0 Å². The molecule has 0 heterocycles. The SMILES string of the molecule is CCCC(=O)OP(C)(=O)O. The molecule has 0 aromatic heterocycles. The summed E-state index contributed by atoms with van der Waals surface area (Å²) in [6.07, 6.45) is 0.817. The van der Waals surface area contributed by atoms with Gasteiger partial charge in [0.2, 0.25) is 0 Å². The molecule has 10 heavy (non-hydrogen) atoms. The minimum Gasteiger partial charge on any atom is -0.392 e. The van der Waals surface area contributed by atoms with E-state index in [1.165, 1.54) is 0 Å². The number of hydrogen-bond donors (Lipinski definition) is 1. The van der Waals surface area contributed by atoms with Crippen LogP contribution in [0.3, 0.4) is 0 Å². The van der Waals surface area contributed by atoms with Crippen LogP contribution in [0.15, 0.2) is 0 Å². The molecular formula is C5H11O4P. The Hall–Kier alpha value is -0.340. The summed E-state index contributed by atoms with van der Waals surface area (Å²) in [6, 6.07) is 0. The Morgan fingerprint density at radius 2 is 2.20 bits per heavy atom. The van der Waals surface area contributed by atoms with E-state index in [0.29, 0.717) is 6.42 Å². The lowest BCUT2D eigenvalue weighted by Gasteiger charge is -2.04. The summed E-state index contributed by atoms with van der Waals surface area (Å²) in [6.45, 7) is 2.78. The first-order chi connectivity index (χ1) is 4.45. The van der Waals surface area contributed by atoms with Crippen LogP contribution in [-0.2, 0) is 13.9 Å². The molecule has 0 aromatic carbocycles. The van der Waals surface area contributed by atoms with Gasteiger partial charge in [-0.15, -0.1) is 0 Å². The lowest BCUT2D eigenvalue weighted by molar-refractivity contribution is -0.134. The molecule has 1 atom stereocenters. The third kappa shape index (κ3) is 5.79. The Morgan fingerprint density at radius 3 is 2.50 bits per heavy atom. The molecule has 5 heteroatoms. The average Bonchev–Trinajstić information content (AvgIpc) is 1.59. The number of carbonyl (C=O) groups is 1. The van der Waals surface area contributed by atoms with E-state index in [1.54, 1.807) is 6.92 Å². The van der Waals surface area contributed by atoms with Gasteiger partial charge in [0.05, 0.1) is 0 Å². The summed E-state index contributed by atoms with van der Waals surface area (Å²) in [5.74, 6) is -0.615. The van der Waals surface area contributed by atoms with Crippen molar-refractivity contribution < 1.29 is 18.8 Å². The Kier molecular flexibility index (Phi) is 3.61. The van der Waals surface area contributed by atoms with Crippen molar-refractivity contribution in [2.24, 2.45) is 0 Å². The summed E-state index contributed by atoms with van der Waals surface area (Å²) in [5.41, 5.74) is 0. The van der Waals surface area contributed by atoms with Crippen molar-refractivity contribution in [3.8, 4) is 0 Å². The van der Waals surface area contributed by atoms with Crippen molar-refractivity contribution in [2.75, 3.05) is 6.66 Å². The third-order valence-corrected chi connectivity index (χ3v) is 1.27. The predicted molar refractivity (Wildman–Crippen MR) is 36.7 cm³/mol. The van der Waals surface area contributed by atoms with E-state index in [9.17, 15) is 9.36 Å². The second kappa shape index (κ2) is 3.74. The second-order valence-corrected chi connectivity index (χ2v) is 3.80. The first kappa shape index (κ1) is 9.66. The van der Waals surface area contributed by atoms with E-state index in [-0.39, 0.29) is 6.42 Å². The zero-order valence-electron chi connectivity index (χ0n) is 6.03. The van der Waals surface area contributed by atoms with Gasteiger partial charge in [-0.05, 0) is 6.42 Å². The van der Waals surface area contributed by atoms with E-state index in [2.05, 4.69) is 4.52 Å². The summed E-state index contributed by atoms with van der Waals surface area (Å²) in [5, 5.41) is 0. The molecule has 0 saturated carbocycles. The maximum absolute atomic E-state index is 10.5. The molecule has 1 N–H and O–H groups in total. The molecule has 4 nitrogen and oxygen atoms in total. The molecule has 0 bridgehead atoms. The fraction of sp³-hybridized carbons (Fsp3) is 0.800. The molecule has 0 radical (unpaired) electrons. The van der Waals surface area contributed by atoms with Gasteiger partial charge >= 0.3 is 13.6 Å². The highest BCUT2D eigenvalue weighted by Gasteiger charge is 2.15. The molecule has 0 fully saturated rings. The standard InChI is InChI=1S/C5H11O4P/c1-3-4-5(6)9-10(2,7)8/h3-4H2,1-2H3,(H,7,8). The lowest BCUT2D eigenvalue weighted by Crippen LogP contribution is -2.00. The largest absolute Gasteiger partial charge is 0.392 e. The molecule has 0 aromatic rings. The molecule has 0 spiro atoms. The van der Waals surface area contributed by atoms with Gasteiger partial charge in [0.25, 0.3) is 0 Å². The summed E-state index contributed by atoms with van der Waals surface area (Å²) < 4.78 is 14.6. The first-order valence-electron chi connectivity index (χ1n) is 2.98. The Bertz CT molecular complexity index is 159. The van der Waals surface area contributed by atoms with Crippen molar-refractivity contribution in [1.29, 1.82) is 0 Å². The number of carbonyl (C=O) groups excluding carboxylic acids is 1. The minimum atomic E-state index is -3.60. The molecule has 0 saturated heterocycles. The minimum absolute atomic E-state index is 0.193. The van der Waals surface area contributed by atoms with Gasteiger partial charge < -0.3 is 9.42 Å². The highest BCUT2D eigenvalue weighted by atomic mass is 31.2. The molecule has 1 unspecified atom stereocenters. The van der Waals surface area contributed by atoms with Crippen LogP contribution >= 0.6 is 7.60 Å². The van der Waals surface area contributed by atoms with Gasteiger partial charge in [-0.3, -0.25) is 4.79 Å². The normalized spacial score (nSPS) is 15.9. The van der Waals surface area contributed by atoms with Gasteiger partial charge in [0.1, 0.15) is 0 Å². The highest BCUT2D eigenvalue weighted by Crippen LogP contribution is 2.36. The summed E-state index contributed by atoms with van der Waals surface area (Å²) in [7, 11) is -3.60. The van der Waals surface area contributed by atoms with Crippen molar-refractivity contribution >= 4 is 13.6 Å². The molecule has 0 aliphatic heterocycles. The third-order valence-electron chi connectivity index (χ3n) is 0.725. The molecule has 0 rings (SSSR count). The molecule has 0 aliphatic carbocycles. The van der Waals surface area contributed by atoms with Crippen molar-refractivity contribution in [3.63, 3.8) is 0 Å². The number of hydrogen-bond acceptors (Lipinski definition) is 3. The van der Waals surface area contributed by atoms with E-state index in [4.69, 9.17) is 4.89 Å². The average molecular weight is 166 g/mol. The van der Waals surface area contributed by atoms with Crippen LogP contribution in [0.5, 0.6) is 0 Å². The van der Waals surface area contributed by atoms with Crippen LogP contribution in [0.1, 0.15) is 19.8 Å². The topological polar surface area (TPSA) is 63.6 Å². The Balaban J connectivity index is 3.70. The lowest BCUT2D eigenvalue weighted by atomic mass is 10.4. The quantitative estimate of drug-likeness (QED) is 0.638. The maximum atomic E-state index is 10.5. The fourth-order valence-corrected chi connectivity index (χ4v) is 0.908. The highest BCUT2D eigenvalue weighted by molar-refractivity contribution is 7.52. The molecular weight excluding hydrogens is 155 g/mol. The van der Waals surface area contributed by atoms with Gasteiger partial charge in [-0.2, -0.15) is 0 Å². The fourth-order valence-electron chi connectivity index (χ4n) is 0.439. The van der Waals surface area contributed by atoms with Crippen molar-refractivity contribution in [1.82, 2.24) is 0 Å². The first-order valence-corrected chi connectivity index (χ1v) is 5.01. The van der Waals surface area contributed by atoms with E-state index in [0.717, 1.165) is 6.66 Å². The maximum Gasteiger partial charge on any atom is 0.375 e.